The molecule has 0 aliphatic carbocycles. The number of hydrogen-bond acceptors (Lipinski definition) is 1. The van der Waals surface area contributed by atoms with Crippen LogP contribution < -0.4 is 10.2 Å². The molecule has 0 aliphatic rings. The second-order valence-electron chi connectivity index (χ2n) is 5.52. The number of quaternary nitrogens is 1. The normalized spacial score (nSPS) is 11.9. The number of likely N-dealkylation sites (N-methyl/N-ethyl adjacent to an activating group) is 1. The van der Waals surface area contributed by atoms with Crippen molar-refractivity contribution in [2.45, 2.75) is 13.0 Å². The summed E-state index contributed by atoms with van der Waals surface area (Å²) in [4.78, 5) is 13.1. The van der Waals surface area contributed by atoms with Gasteiger partial charge in [-0.05, 0) is 24.1 Å². The molecule has 116 valence electrons. The van der Waals surface area contributed by atoms with Gasteiger partial charge in [-0.1, -0.05) is 58.4 Å². The van der Waals surface area contributed by atoms with Crippen LogP contribution in [0, 0.1) is 0 Å². The SMILES string of the molecule is C[NH+](CC(=O)NCCc1ccccc1)Cc1ccc(Br)cc1. The number of rotatable bonds is 7. The van der Waals surface area contributed by atoms with E-state index in [-0.39, 0.29) is 5.91 Å². The fourth-order valence-corrected chi connectivity index (χ4v) is 2.61. The van der Waals surface area contributed by atoms with Gasteiger partial charge in [-0.3, -0.25) is 4.79 Å². The van der Waals surface area contributed by atoms with E-state index in [0.717, 1.165) is 17.4 Å². The molecule has 3 nitrogen and oxygen atoms in total. The van der Waals surface area contributed by atoms with Gasteiger partial charge < -0.3 is 10.2 Å². The van der Waals surface area contributed by atoms with Gasteiger partial charge in [0, 0.05) is 16.6 Å². The molecule has 22 heavy (non-hydrogen) atoms. The Morgan fingerprint density at radius 3 is 2.41 bits per heavy atom. The minimum absolute atomic E-state index is 0.102. The molecule has 0 fully saturated rings. The highest BCUT2D eigenvalue weighted by atomic mass is 79.9. The topological polar surface area (TPSA) is 33.5 Å². The molecule has 0 bridgehead atoms. The molecule has 0 saturated heterocycles. The third kappa shape index (κ3) is 6.00. The summed E-state index contributed by atoms with van der Waals surface area (Å²) in [6, 6.07) is 18.4. The first-order valence-electron chi connectivity index (χ1n) is 7.50. The molecule has 2 rings (SSSR count). The van der Waals surface area contributed by atoms with Crippen LogP contribution in [0.15, 0.2) is 59.1 Å². The fourth-order valence-electron chi connectivity index (χ4n) is 2.34. The molecule has 0 heterocycles. The lowest BCUT2D eigenvalue weighted by atomic mass is 10.1. The average Bonchev–Trinajstić information content (AvgIpc) is 2.50. The average molecular weight is 362 g/mol. The molecule has 1 atom stereocenters. The number of benzene rings is 2. The molecule has 0 saturated carbocycles. The summed E-state index contributed by atoms with van der Waals surface area (Å²) in [6.45, 7) is 2.03. The summed E-state index contributed by atoms with van der Waals surface area (Å²) in [5.74, 6) is 0.102. The summed E-state index contributed by atoms with van der Waals surface area (Å²) in [6.07, 6.45) is 0.873. The van der Waals surface area contributed by atoms with E-state index in [0.29, 0.717) is 13.1 Å². The maximum absolute atomic E-state index is 11.9. The molecule has 2 aromatic carbocycles. The van der Waals surface area contributed by atoms with E-state index in [1.807, 2.05) is 37.4 Å². The zero-order valence-electron chi connectivity index (χ0n) is 12.8. The number of nitrogens with one attached hydrogen (secondary N) is 2. The Morgan fingerprint density at radius 1 is 1.05 bits per heavy atom. The smallest absolute Gasteiger partial charge is 0.275 e. The van der Waals surface area contributed by atoms with Crippen LogP contribution >= 0.6 is 15.9 Å². The summed E-state index contributed by atoms with van der Waals surface area (Å²) >= 11 is 3.43. The summed E-state index contributed by atoms with van der Waals surface area (Å²) in [5, 5.41) is 2.99. The highest BCUT2D eigenvalue weighted by Gasteiger charge is 2.10. The van der Waals surface area contributed by atoms with Crippen LogP contribution in [0.25, 0.3) is 0 Å². The predicted octanol–water partition coefficient (Wildman–Crippen LogP) is 1.82. The molecule has 0 radical (unpaired) electrons. The van der Waals surface area contributed by atoms with Crippen LogP contribution in [0.5, 0.6) is 0 Å². The monoisotopic (exact) mass is 361 g/mol. The van der Waals surface area contributed by atoms with E-state index in [4.69, 9.17) is 0 Å². The molecule has 0 aromatic heterocycles. The molecular weight excluding hydrogens is 340 g/mol. The first-order valence-corrected chi connectivity index (χ1v) is 8.29. The molecule has 4 heteroatoms. The summed E-state index contributed by atoms with van der Waals surface area (Å²) in [5.41, 5.74) is 2.48. The van der Waals surface area contributed by atoms with Crippen LogP contribution in [0.2, 0.25) is 0 Å². The zero-order chi connectivity index (χ0) is 15.8. The largest absolute Gasteiger partial charge is 0.351 e. The summed E-state index contributed by atoms with van der Waals surface area (Å²) in [7, 11) is 2.04. The number of carbonyl (C=O) groups excluding carboxylic acids is 1. The second-order valence-corrected chi connectivity index (χ2v) is 6.44. The minimum atomic E-state index is 0.102. The maximum Gasteiger partial charge on any atom is 0.275 e. The van der Waals surface area contributed by atoms with Crippen LogP contribution in [0.3, 0.4) is 0 Å². The highest BCUT2D eigenvalue weighted by Crippen LogP contribution is 2.09. The van der Waals surface area contributed by atoms with Crippen molar-refractivity contribution < 1.29 is 9.69 Å². The van der Waals surface area contributed by atoms with Gasteiger partial charge in [-0.15, -0.1) is 0 Å². The maximum atomic E-state index is 11.9. The van der Waals surface area contributed by atoms with Crippen molar-refractivity contribution in [2.24, 2.45) is 0 Å². The van der Waals surface area contributed by atoms with E-state index in [2.05, 4.69) is 45.5 Å². The first kappa shape index (κ1) is 16.7. The van der Waals surface area contributed by atoms with Gasteiger partial charge in [-0.25, -0.2) is 0 Å². The van der Waals surface area contributed by atoms with Crippen molar-refractivity contribution in [1.82, 2.24) is 5.32 Å². The Bertz CT molecular complexity index is 584. The van der Waals surface area contributed by atoms with Gasteiger partial charge in [-0.2, -0.15) is 0 Å². The van der Waals surface area contributed by atoms with Gasteiger partial charge in [0.2, 0.25) is 0 Å². The lowest BCUT2D eigenvalue weighted by molar-refractivity contribution is -0.885. The van der Waals surface area contributed by atoms with E-state index in [1.54, 1.807) is 0 Å². The lowest BCUT2D eigenvalue weighted by Gasteiger charge is -2.14. The summed E-state index contributed by atoms with van der Waals surface area (Å²) < 4.78 is 1.08. The molecule has 1 amide bonds. The van der Waals surface area contributed by atoms with Gasteiger partial charge in [0.05, 0.1) is 7.05 Å². The Morgan fingerprint density at radius 2 is 1.73 bits per heavy atom. The van der Waals surface area contributed by atoms with Crippen LogP contribution in [-0.2, 0) is 17.8 Å². The standard InChI is InChI=1S/C18H21BrN2O/c1-21(13-16-7-9-17(19)10-8-16)14-18(22)20-12-11-15-5-3-2-4-6-15/h2-10H,11-14H2,1H3,(H,20,22)/p+1. The molecule has 2 aromatic rings. The third-order valence-corrected chi connectivity index (χ3v) is 3.99. The van der Waals surface area contributed by atoms with Crippen LogP contribution in [0.4, 0.5) is 0 Å². The third-order valence-electron chi connectivity index (χ3n) is 3.46. The van der Waals surface area contributed by atoms with Crippen molar-refractivity contribution in [2.75, 3.05) is 20.1 Å². The molecule has 0 spiro atoms. The first-order chi connectivity index (χ1) is 10.6. The van der Waals surface area contributed by atoms with Crippen molar-refractivity contribution in [3.8, 4) is 0 Å². The van der Waals surface area contributed by atoms with Crippen molar-refractivity contribution in [1.29, 1.82) is 0 Å². The lowest BCUT2D eigenvalue weighted by Crippen LogP contribution is -3.08. The fraction of sp³-hybridized carbons (Fsp3) is 0.278. The Kier molecular flexibility index (Phi) is 6.62. The van der Waals surface area contributed by atoms with Gasteiger partial charge >= 0.3 is 0 Å². The minimum Gasteiger partial charge on any atom is -0.351 e. The van der Waals surface area contributed by atoms with E-state index in [1.165, 1.54) is 16.0 Å². The Hall–Kier alpha value is -1.65. The van der Waals surface area contributed by atoms with Gasteiger partial charge in [0.25, 0.3) is 5.91 Å². The molecule has 0 aliphatic heterocycles. The van der Waals surface area contributed by atoms with Gasteiger partial charge in [0.15, 0.2) is 6.54 Å². The van der Waals surface area contributed by atoms with Crippen LogP contribution in [-0.4, -0.2) is 26.0 Å². The predicted molar refractivity (Wildman–Crippen MR) is 92.8 cm³/mol. The molecule has 1 unspecified atom stereocenters. The molecular formula is C18H22BrN2O+. The second kappa shape index (κ2) is 8.71. The number of carbonyl (C=O) groups is 1. The van der Waals surface area contributed by atoms with E-state index < -0.39 is 0 Å². The van der Waals surface area contributed by atoms with Gasteiger partial charge in [0.1, 0.15) is 6.54 Å². The number of hydrogen-bond donors (Lipinski definition) is 2. The van der Waals surface area contributed by atoms with Crippen molar-refractivity contribution in [3.05, 3.63) is 70.2 Å². The van der Waals surface area contributed by atoms with E-state index in [9.17, 15) is 4.79 Å². The zero-order valence-corrected chi connectivity index (χ0v) is 14.4. The highest BCUT2D eigenvalue weighted by molar-refractivity contribution is 9.10. The quantitative estimate of drug-likeness (QED) is 0.774. The number of halogens is 1. The number of amides is 1. The Balaban J connectivity index is 1.68. The van der Waals surface area contributed by atoms with Crippen molar-refractivity contribution in [3.63, 3.8) is 0 Å². The van der Waals surface area contributed by atoms with Crippen LogP contribution in [0.1, 0.15) is 11.1 Å². The Labute approximate surface area is 140 Å². The van der Waals surface area contributed by atoms with E-state index >= 15 is 0 Å². The molecule has 2 N–H and O–H groups in total. The van der Waals surface area contributed by atoms with Crippen molar-refractivity contribution >= 4 is 21.8 Å².